The van der Waals surface area contributed by atoms with Crippen LogP contribution in [0.2, 0.25) is 0 Å². The van der Waals surface area contributed by atoms with Gasteiger partial charge in [0, 0.05) is 20.2 Å². The largest absolute Gasteiger partial charge is 0.383 e. The zero-order valence-corrected chi connectivity index (χ0v) is 6.67. The van der Waals surface area contributed by atoms with Gasteiger partial charge in [-0.1, -0.05) is 6.92 Å². The van der Waals surface area contributed by atoms with Crippen molar-refractivity contribution in [2.45, 2.75) is 6.92 Å². The second-order valence-electron chi connectivity index (χ2n) is 2.78. The van der Waals surface area contributed by atoms with Gasteiger partial charge < -0.3 is 4.74 Å². The van der Waals surface area contributed by atoms with Crippen LogP contribution in [0.5, 0.6) is 0 Å². The van der Waals surface area contributed by atoms with E-state index in [0.29, 0.717) is 5.92 Å². The highest BCUT2D eigenvalue weighted by molar-refractivity contribution is 4.60. The average Bonchev–Trinajstić information content (AvgIpc) is 2.31. The van der Waals surface area contributed by atoms with Crippen molar-refractivity contribution < 1.29 is 9.57 Å². The van der Waals surface area contributed by atoms with Crippen LogP contribution in [0.3, 0.4) is 0 Å². The summed E-state index contributed by atoms with van der Waals surface area (Å²) in [5, 5.41) is 1.97. The third-order valence-corrected chi connectivity index (χ3v) is 1.60. The molecule has 1 rings (SSSR count). The number of nitrogens with zero attached hydrogens (tertiary/aromatic N) is 1. The summed E-state index contributed by atoms with van der Waals surface area (Å²) in [6.07, 6.45) is 0. The van der Waals surface area contributed by atoms with E-state index in [1.807, 2.05) is 5.06 Å². The smallest absolute Gasteiger partial charge is 0.0723 e. The molecule has 0 radical (unpaired) electrons. The molecule has 1 saturated heterocycles. The minimum absolute atomic E-state index is 0.678. The molecule has 0 aliphatic carbocycles. The lowest BCUT2D eigenvalue weighted by Crippen LogP contribution is -2.23. The Morgan fingerprint density at radius 2 is 2.50 bits per heavy atom. The minimum atomic E-state index is 0.678. The van der Waals surface area contributed by atoms with Crippen molar-refractivity contribution in [3.63, 3.8) is 0 Å². The number of rotatable bonds is 3. The Bertz CT molecular complexity index is 97.6. The van der Waals surface area contributed by atoms with E-state index < -0.39 is 0 Å². The molecule has 10 heavy (non-hydrogen) atoms. The molecule has 0 aromatic heterocycles. The second-order valence-corrected chi connectivity index (χ2v) is 2.78. The SMILES string of the molecule is COCCN1CC(C)CO1. The predicted molar refractivity (Wildman–Crippen MR) is 38.6 cm³/mol. The first-order valence-electron chi connectivity index (χ1n) is 3.69. The molecule has 0 bridgehead atoms. The first kappa shape index (κ1) is 7.98. The van der Waals surface area contributed by atoms with Crippen molar-refractivity contribution in [2.24, 2.45) is 5.92 Å². The number of methoxy groups -OCH3 is 1. The van der Waals surface area contributed by atoms with Crippen LogP contribution in [0.15, 0.2) is 0 Å². The molecule has 1 aliphatic heterocycles. The summed E-state index contributed by atoms with van der Waals surface area (Å²) in [7, 11) is 1.71. The molecule has 1 aliphatic rings. The monoisotopic (exact) mass is 145 g/mol. The fourth-order valence-electron chi connectivity index (χ4n) is 1.03. The number of hydrogen-bond acceptors (Lipinski definition) is 3. The van der Waals surface area contributed by atoms with Crippen LogP contribution in [0, 0.1) is 5.92 Å². The highest BCUT2D eigenvalue weighted by Gasteiger charge is 2.18. The van der Waals surface area contributed by atoms with Gasteiger partial charge >= 0.3 is 0 Å². The highest BCUT2D eigenvalue weighted by atomic mass is 16.7. The van der Waals surface area contributed by atoms with Crippen LogP contribution < -0.4 is 0 Å². The molecule has 0 aromatic rings. The molecule has 3 nitrogen and oxygen atoms in total. The number of hydrogen-bond donors (Lipinski definition) is 0. The fraction of sp³-hybridized carbons (Fsp3) is 1.00. The molecule has 60 valence electrons. The van der Waals surface area contributed by atoms with Crippen LogP contribution in [0.25, 0.3) is 0 Å². The molecular formula is C7H15NO2. The minimum Gasteiger partial charge on any atom is -0.383 e. The summed E-state index contributed by atoms with van der Waals surface area (Å²) in [6, 6.07) is 0. The van der Waals surface area contributed by atoms with Gasteiger partial charge in [0.15, 0.2) is 0 Å². The van der Waals surface area contributed by atoms with Crippen molar-refractivity contribution in [3.8, 4) is 0 Å². The predicted octanol–water partition coefficient (Wildman–Crippen LogP) is 0.516. The summed E-state index contributed by atoms with van der Waals surface area (Å²) in [5.74, 6) is 0.678. The highest BCUT2D eigenvalue weighted by Crippen LogP contribution is 2.09. The van der Waals surface area contributed by atoms with Crippen molar-refractivity contribution in [2.75, 3.05) is 33.4 Å². The van der Waals surface area contributed by atoms with E-state index in [0.717, 1.165) is 26.3 Å². The summed E-state index contributed by atoms with van der Waals surface area (Å²) in [6.45, 7) is 5.74. The Morgan fingerprint density at radius 1 is 1.70 bits per heavy atom. The Hall–Kier alpha value is -0.120. The van der Waals surface area contributed by atoms with Crippen LogP contribution in [0.4, 0.5) is 0 Å². The van der Waals surface area contributed by atoms with Crippen LogP contribution >= 0.6 is 0 Å². The topological polar surface area (TPSA) is 21.7 Å². The van der Waals surface area contributed by atoms with Crippen LogP contribution in [0.1, 0.15) is 6.92 Å². The first-order chi connectivity index (χ1) is 4.83. The van der Waals surface area contributed by atoms with Gasteiger partial charge in [-0.05, 0) is 5.92 Å². The van der Waals surface area contributed by atoms with Gasteiger partial charge in [-0.15, -0.1) is 0 Å². The molecule has 1 heterocycles. The quantitative estimate of drug-likeness (QED) is 0.577. The van der Waals surface area contributed by atoms with Gasteiger partial charge in [0.25, 0.3) is 0 Å². The maximum absolute atomic E-state index is 5.32. The molecule has 0 spiro atoms. The van der Waals surface area contributed by atoms with Crippen molar-refractivity contribution in [1.82, 2.24) is 5.06 Å². The zero-order valence-electron chi connectivity index (χ0n) is 6.67. The van der Waals surface area contributed by atoms with E-state index in [1.165, 1.54) is 0 Å². The fourth-order valence-corrected chi connectivity index (χ4v) is 1.03. The molecule has 1 atom stereocenters. The van der Waals surface area contributed by atoms with Gasteiger partial charge in [-0.25, -0.2) is 0 Å². The van der Waals surface area contributed by atoms with Gasteiger partial charge in [-0.3, -0.25) is 4.84 Å². The lowest BCUT2D eigenvalue weighted by atomic mass is 10.2. The average molecular weight is 145 g/mol. The van der Waals surface area contributed by atoms with Crippen molar-refractivity contribution in [3.05, 3.63) is 0 Å². The zero-order chi connectivity index (χ0) is 7.40. The van der Waals surface area contributed by atoms with E-state index in [2.05, 4.69) is 6.92 Å². The standard InChI is InChI=1S/C7H15NO2/c1-7-5-8(10-6-7)3-4-9-2/h7H,3-6H2,1-2H3. The van der Waals surface area contributed by atoms with Gasteiger partial charge in [0.2, 0.25) is 0 Å². The molecule has 0 N–H and O–H groups in total. The molecule has 0 saturated carbocycles. The molecule has 3 heteroatoms. The van der Waals surface area contributed by atoms with Gasteiger partial charge in [-0.2, -0.15) is 5.06 Å². The molecular weight excluding hydrogens is 130 g/mol. The third-order valence-electron chi connectivity index (χ3n) is 1.60. The normalized spacial score (nSPS) is 27.6. The Morgan fingerprint density at radius 3 is 3.00 bits per heavy atom. The summed E-state index contributed by atoms with van der Waals surface area (Å²) < 4.78 is 4.92. The van der Waals surface area contributed by atoms with Gasteiger partial charge in [0.1, 0.15) is 0 Å². The molecule has 1 unspecified atom stereocenters. The second kappa shape index (κ2) is 3.91. The van der Waals surface area contributed by atoms with E-state index >= 15 is 0 Å². The van der Waals surface area contributed by atoms with E-state index in [-0.39, 0.29) is 0 Å². The lowest BCUT2D eigenvalue weighted by Gasteiger charge is -2.11. The lowest BCUT2D eigenvalue weighted by molar-refractivity contribution is -0.118. The first-order valence-corrected chi connectivity index (χ1v) is 3.69. The Kier molecular flexibility index (Phi) is 3.12. The molecule has 1 fully saturated rings. The molecule has 0 aromatic carbocycles. The summed E-state index contributed by atoms with van der Waals surface area (Å²) in [4.78, 5) is 5.32. The Balaban J connectivity index is 2.06. The van der Waals surface area contributed by atoms with E-state index in [4.69, 9.17) is 9.57 Å². The van der Waals surface area contributed by atoms with E-state index in [1.54, 1.807) is 7.11 Å². The maximum Gasteiger partial charge on any atom is 0.0723 e. The van der Waals surface area contributed by atoms with Crippen LogP contribution in [-0.4, -0.2) is 38.5 Å². The Labute approximate surface area is 61.9 Å². The van der Waals surface area contributed by atoms with Crippen molar-refractivity contribution in [1.29, 1.82) is 0 Å². The van der Waals surface area contributed by atoms with Crippen molar-refractivity contribution >= 4 is 0 Å². The maximum atomic E-state index is 5.32. The summed E-state index contributed by atoms with van der Waals surface area (Å²) >= 11 is 0. The number of hydroxylamine groups is 2. The van der Waals surface area contributed by atoms with Gasteiger partial charge in [0.05, 0.1) is 13.2 Å². The molecule has 0 amide bonds. The van der Waals surface area contributed by atoms with E-state index in [9.17, 15) is 0 Å². The summed E-state index contributed by atoms with van der Waals surface area (Å²) in [5.41, 5.74) is 0. The third kappa shape index (κ3) is 2.25. The number of ether oxygens (including phenoxy) is 1. The van der Waals surface area contributed by atoms with Crippen LogP contribution in [-0.2, 0) is 9.57 Å².